The second-order valence-corrected chi connectivity index (χ2v) is 4.14. The predicted octanol–water partition coefficient (Wildman–Crippen LogP) is 1.92. The third-order valence-corrected chi connectivity index (χ3v) is 2.84. The second-order valence-electron chi connectivity index (χ2n) is 3.42. The monoisotopic (exact) mass is 184 g/mol. The molecule has 0 saturated carbocycles. The van der Waals surface area contributed by atoms with Crippen molar-refractivity contribution in [3.63, 3.8) is 0 Å². The minimum Gasteiger partial charge on any atom is -0.330 e. The van der Waals surface area contributed by atoms with E-state index in [4.69, 9.17) is 5.73 Å². The van der Waals surface area contributed by atoms with Gasteiger partial charge in [-0.2, -0.15) is 0 Å². The molecule has 3 heteroatoms. The maximum absolute atomic E-state index is 5.67. The molecule has 1 rings (SSSR count). The van der Waals surface area contributed by atoms with Crippen molar-refractivity contribution in [2.75, 3.05) is 6.54 Å². The molecular formula is C9H16N2S. The Morgan fingerprint density at radius 3 is 2.75 bits per heavy atom. The standard InChI is InChI=1S/C9H16N2S/c1-7(2)8(4-10)3-9-5-12-6-11-9/h5-8H,3-4,10H2,1-2H3. The van der Waals surface area contributed by atoms with Crippen LogP contribution in [-0.2, 0) is 6.42 Å². The first-order valence-electron chi connectivity index (χ1n) is 4.31. The summed E-state index contributed by atoms with van der Waals surface area (Å²) in [5.74, 6) is 1.23. The first-order valence-corrected chi connectivity index (χ1v) is 5.25. The van der Waals surface area contributed by atoms with E-state index in [1.165, 1.54) is 5.69 Å². The lowest BCUT2D eigenvalue weighted by atomic mass is 9.92. The summed E-state index contributed by atoms with van der Waals surface area (Å²) in [7, 11) is 0. The number of hydrogen-bond acceptors (Lipinski definition) is 3. The minimum atomic E-state index is 0.576. The number of nitrogens with zero attached hydrogens (tertiary/aromatic N) is 1. The largest absolute Gasteiger partial charge is 0.330 e. The van der Waals surface area contributed by atoms with E-state index in [1.54, 1.807) is 11.3 Å². The van der Waals surface area contributed by atoms with Gasteiger partial charge in [0.1, 0.15) is 0 Å². The fourth-order valence-electron chi connectivity index (χ4n) is 1.20. The molecule has 0 aliphatic heterocycles. The maximum Gasteiger partial charge on any atom is 0.0794 e. The molecule has 0 aliphatic rings. The summed E-state index contributed by atoms with van der Waals surface area (Å²) < 4.78 is 0. The summed E-state index contributed by atoms with van der Waals surface area (Å²) in [4.78, 5) is 4.25. The number of nitrogens with two attached hydrogens (primary N) is 1. The van der Waals surface area contributed by atoms with Gasteiger partial charge in [-0.1, -0.05) is 13.8 Å². The minimum absolute atomic E-state index is 0.576. The molecule has 0 radical (unpaired) electrons. The van der Waals surface area contributed by atoms with Crippen molar-refractivity contribution in [3.05, 3.63) is 16.6 Å². The van der Waals surface area contributed by atoms with E-state index in [2.05, 4.69) is 24.2 Å². The average molecular weight is 184 g/mol. The van der Waals surface area contributed by atoms with Crippen molar-refractivity contribution in [2.24, 2.45) is 17.6 Å². The SMILES string of the molecule is CC(C)C(CN)Cc1cscn1. The molecule has 2 nitrogen and oxygen atoms in total. The summed E-state index contributed by atoms with van der Waals surface area (Å²) in [5, 5.41) is 2.10. The van der Waals surface area contributed by atoms with Gasteiger partial charge in [0.25, 0.3) is 0 Å². The van der Waals surface area contributed by atoms with Gasteiger partial charge in [0.15, 0.2) is 0 Å². The highest BCUT2D eigenvalue weighted by molar-refractivity contribution is 7.07. The molecule has 0 amide bonds. The molecule has 1 unspecified atom stereocenters. The molecule has 1 heterocycles. The quantitative estimate of drug-likeness (QED) is 0.776. The van der Waals surface area contributed by atoms with Crippen LogP contribution < -0.4 is 5.73 Å². The maximum atomic E-state index is 5.67. The van der Waals surface area contributed by atoms with E-state index >= 15 is 0 Å². The van der Waals surface area contributed by atoms with Gasteiger partial charge < -0.3 is 5.73 Å². The van der Waals surface area contributed by atoms with E-state index in [0.717, 1.165) is 13.0 Å². The zero-order valence-corrected chi connectivity index (χ0v) is 8.47. The first-order chi connectivity index (χ1) is 5.74. The highest BCUT2D eigenvalue weighted by atomic mass is 32.1. The van der Waals surface area contributed by atoms with Gasteiger partial charge in [0, 0.05) is 5.38 Å². The smallest absolute Gasteiger partial charge is 0.0794 e. The van der Waals surface area contributed by atoms with Crippen molar-refractivity contribution in [1.82, 2.24) is 4.98 Å². The van der Waals surface area contributed by atoms with Crippen LogP contribution in [0.1, 0.15) is 19.5 Å². The molecule has 1 aromatic rings. The normalized spacial score (nSPS) is 13.7. The van der Waals surface area contributed by atoms with Crippen LogP contribution in [0, 0.1) is 11.8 Å². The summed E-state index contributed by atoms with van der Waals surface area (Å²) in [6.45, 7) is 5.18. The molecule has 0 bridgehead atoms. The summed E-state index contributed by atoms with van der Waals surface area (Å²) in [6.07, 6.45) is 1.03. The van der Waals surface area contributed by atoms with Gasteiger partial charge in [-0.25, -0.2) is 4.98 Å². The molecule has 0 aliphatic carbocycles. The molecule has 0 fully saturated rings. The lowest BCUT2D eigenvalue weighted by Gasteiger charge is -2.16. The van der Waals surface area contributed by atoms with Crippen LogP contribution in [0.4, 0.5) is 0 Å². The lowest BCUT2D eigenvalue weighted by molar-refractivity contribution is 0.389. The van der Waals surface area contributed by atoms with Crippen LogP contribution in [0.15, 0.2) is 10.9 Å². The van der Waals surface area contributed by atoms with E-state index in [9.17, 15) is 0 Å². The van der Waals surface area contributed by atoms with E-state index in [-0.39, 0.29) is 0 Å². The Hall–Kier alpha value is -0.410. The highest BCUT2D eigenvalue weighted by Gasteiger charge is 2.12. The van der Waals surface area contributed by atoms with Gasteiger partial charge in [0.2, 0.25) is 0 Å². The number of aromatic nitrogens is 1. The highest BCUT2D eigenvalue weighted by Crippen LogP contribution is 2.15. The third-order valence-electron chi connectivity index (χ3n) is 2.20. The molecular weight excluding hydrogens is 168 g/mol. The van der Waals surface area contributed by atoms with Crippen LogP contribution in [-0.4, -0.2) is 11.5 Å². The summed E-state index contributed by atoms with van der Waals surface area (Å²) >= 11 is 1.65. The Morgan fingerprint density at radius 2 is 2.33 bits per heavy atom. The van der Waals surface area contributed by atoms with Crippen molar-refractivity contribution in [2.45, 2.75) is 20.3 Å². The Morgan fingerprint density at radius 1 is 1.58 bits per heavy atom. The Labute approximate surface area is 77.8 Å². The van der Waals surface area contributed by atoms with E-state index in [1.807, 2.05) is 5.51 Å². The number of hydrogen-bond donors (Lipinski definition) is 1. The number of rotatable bonds is 4. The molecule has 0 saturated heterocycles. The van der Waals surface area contributed by atoms with Crippen molar-refractivity contribution >= 4 is 11.3 Å². The van der Waals surface area contributed by atoms with Crippen LogP contribution in [0.25, 0.3) is 0 Å². The fraction of sp³-hybridized carbons (Fsp3) is 0.667. The molecule has 2 N–H and O–H groups in total. The van der Waals surface area contributed by atoms with Crippen LogP contribution in [0.3, 0.4) is 0 Å². The van der Waals surface area contributed by atoms with Crippen LogP contribution in [0.5, 0.6) is 0 Å². The molecule has 68 valence electrons. The molecule has 0 aromatic carbocycles. The van der Waals surface area contributed by atoms with E-state index < -0.39 is 0 Å². The molecule has 0 spiro atoms. The molecule has 1 atom stereocenters. The third kappa shape index (κ3) is 2.57. The first kappa shape index (κ1) is 9.68. The average Bonchev–Trinajstić information content (AvgIpc) is 2.51. The predicted molar refractivity (Wildman–Crippen MR) is 53.2 cm³/mol. The van der Waals surface area contributed by atoms with Gasteiger partial charge in [-0.05, 0) is 24.8 Å². The van der Waals surface area contributed by atoms with E-state index in [0.29, 0.717) is 11.8 Å². The molecule has 1 aromatic heterocycles. The van der Waals surface area contributed by atoms with Crippen molar-refractivity contribution < 1.29 is 0 Å². The topological polar surface area (TPSA) is 38.9 Å². The Bertz CT molecular complexity index is 206. The van der Waals surface area contributed by atoms with Crippen LogP contribution >= 0.6 is 11.3 Å². The summed E-state index contributed by atoms with van der Waals surface area (Å²) in [6, 6.07) is 0. The van der Waals surface area contributed by atoms with Crippen molar-refractivity contribution in [3.8, 4) is 0 Å². The second kappa shape index (κ2) is 4.58. The summed E-state index contributed by atoms with van der Waals surface area (Å²) in [5.41, 5.74) is 8.73. The lowest BCUT2D eigenvalue weighted by Crippen LogP contribution is -2.22. The van der Waals surface area contributed by atoms with Crippen LogP contribution in [0.2, 0.25) is 0 Å². The fourth-order valence-corrected chi connectivity index (χ4v) is 1.77. The number of thiazole rings is 1. The van der Waals surface area contributed by atoms with Gasteiger partial charge >= 0.3 is 0 Å². The van der Waals surface area contributed by atoms with Gasteiger partial charge in [-0.3, -0.25) is 0 Å². The Balaban J connectivity index is 2.48. The van der Waals surface area contributed by atoms with Gasteiger partial charge in [-0.15, -0.1) is 11.3 Å². The zero-order valence-electron chi connectivity index (χ0n) is 7.66. The zero-order chi connectivity index (χ0) is 8.97. The Kier molecular flexibility index (Phi) is 3.69. The van der Waals surface area contributed by atoms with Crippen molar-refractivity contribution in [1.29, 1.82) is 0 Å². The van der Waals surface area contributed by atoms with Gasteiger partial charge in [0.05, 0.1) is 11.2 Å². The molecule has 12 heavy (non-hydrogen) atoms.